The number of nitrogens with zero attached hydrogens (tertiary/aromatic N) is 1. The van der Waals surface area contributed by atoms with Crippen molar-refractivity contribution in [3.05, 3.63) is 0 Å². The Morgan fingerprint density at radius 2 is 1.81 bits per heavy atom. The highest BCUT2D eigenvalue weighted by atomic mass is 16.7. The van der Waals surface area contributed by atoms with Crippen molar-refractivity contribution < 1.29 is 44.9 Å². The van der Waals surface area contributed by atoms with E-state index in [2.05, 4.69) is 11.8 Å². The van der Waals surface area contributed by atoms with E-state index >= 15 is 0 Å². The summed E-state index contributed by atoms with van der Waals surface area (Å²) >= 11 is 0. The number of aliphatic hydroxyl groups excluding tert-OH is 3. The Hall–Kier alpha value is -0.850. The van der Waals surface area contributed by atoms with Crippen LogP contribution in [0.3, 0.4) is 0 Å². The molecule has 17 atom stereocenters. The van der Waals surface area contributed by atoms with Crippen molar-refractivity contribution in [2.45, 2.75) is 133 Å². The van der Waals surface area contributed by atoms with Crippen LogP contribution < -0.4 is 0 Å². The molecule has 0 amide bonds. The molecular weight excluding hydrogens is 542 g/mol. The zero-order valence-electron chi connectivity index (χ0n) is 25.6. The lowest BCUT2D eigenvalue weighted by Crippen LogP contribution is -2.77. The quantitative estimate of drug-likeness (QED) is 0.258. The Balaban J connectivity index is 1.39. The van der Waals surface area contributed by atoms with Gasteiger partial charge in [0.2, 0.25) is 0 Å². The van der Waals surface area contributed by atoms with Gasteiger partial charge in [0.1, 0.15) is 11.7 Å². The molecule has 6 N–H and O–H groups in total. The van der Waals surface area contributed by atoms with E-state index in [1.54, 1.807) is 13.8 Å². The number of piperidine rings is 2. The van der Waals surface area contributed by atoms with Gasteiger partial charge in [0, 0.05) is 42.3 Å². The molecule has 42 heavy (non-hydrogen) atoms. The monoisotopic (exact) mass is 593 g/mol. The summed E-state index contributed by atoms with van der Waals surface area (Å²) < 4.78 is 12.8. The highest BCUT2D eigenvalue weighted by Crippen LogP contribution is 2.77. The fraction of sp³-hybridized carbons (Fsp3) is 0.969. The normalized spacial score (nSPS) is 60.6. The Kier molecular flexibility index (Phi) is 6.48. The number of ether oxygens (including phenoxy) is 2. The first-order chi connectivity index (χ1) is 19.6. The number of esters is 1. The molecule has 3 heterocycles. The number of hydrogen-bond acceptors (Lipinski definition) is 10. The largest absolute Gasteiger partial charge is 0.456 e. The molecule has 1 spiro atoms. The van der Waals surface area contributed by atoms with E-state index in [-0.39, 0.29) is 24.8 Å². The predicted molar refractivity (Wildman–Crippen MR) is 149 cm³/mol. The zero-order valence-corrected chi connectivity index (χ0v) is 25.6. The molecule has 0 aromatic rings. The molecule has 7 rings (SSSR count). The Bertz CT molecular complexity index is 1140. The molecule has 7 fully saturated rings. The summed E-state index contributed by atoms with van der Waals surface area (Å²) in [5, 5.41) is 72.3. The second-order valence-electron chi connectivity index (χ2n) is 16.0. The number of carbonyl (C=O) groups excluding carboxylic acids is 1. The lowest BCUT2D eigenvalue weighted by atomic mass is 9.49. The van der Waals surface area contributed by atoms with Crippen LogP contribution in [0.15, 0.2) is 0 Å². The molecule has 0 aromatic carbocycles. The standard InChI is InChI=1S/C32H51NO9/c1-6-16(3)27(37)41-26-24(36)23-17(14-33-13-15(2)7-8-21(33)29(23,5)38)18-12-30-25(31(18,26)39)19(34)11-20-28(30,4)10-9-22(35)32(20,40)42-30/h15-26,34-36,38-40H,6-14H2,1-5H3/t15-,16?,17-,18?,19?,20?,21?,22-,23?,24?,25?,26-,28-,29+,30+,31-,32-/m0/s1. The van der Waals surface area contributed by atoms with Crippen molar-refractivity contribution in [2.24, 2.45) is 46.8 Å². The van der Waals surface area contributed by atoms with Crippen LogP contribution in [0.4, 0.5) is 0 Å². The van der Waals surface area contributed by atoms with Gasteiger partial charge < -0.3 is 40.1 Å². The van der Waals surface area contributed by atoms with Gasteiger partial charge in [-0.3, -0.25) is 9.69 Å². The molecule has 0 radical (unpaired) electrons. The van der Waals surface area contributed by atoms with E-state index in [0.717, 1.165) is 19.4 Å². The molecule has 0 aromatic heterocycles. The second-order valence-corrected chi connectivity index (χ2v) is 16.0. The van der Waals surface area contributed by atoms with Crippen LogP contribution in [0, 0.1) is 46.8 Å². The van der Waals surface area contributed by atoms with Gasteiger partial charge in [0.15, 0.2) is 11.9 Å². The third kappa shape index (κ3) is 3.36. The highest BCUT2D eigenvalue weighted by Gasteiger charge is 2.86. The van der Waals surface area contributed by atoms with Gasteiger partial charge in [-0.1, -0.05) is 27.7 Å². The summed E-state index contributed by atoms with van der Waals surface area (Å²) in [6.45, 7) is 11.0. The Labute approximate surface area is 248 Å². The molecule has 4 saturated carbocycles. The average Bonchev–Trinajstić information content (AvgIpc) is 3.21. The average molecular weight is 594 g/mol. The summed E-state index contributed by atoms with van der Waals surface area (Å²) in [6, 6.07) is -0.172. The van der Waals surface area contributed by atoms with Gasteiger partial charge >= 0.3 is 5.97 Å². The summed E-state index contributed by atoms with van der Waals surface area (Å²) in [5.41, 5.74) is -5.07. The van der Waals surface area contributed by atoms with Gasteiger partial charge in [-0.25, -0.2) is 0 Å². The molecule has 3 aliphatic heterocycles. The maximum absolute atomic E-state index is 13.4. The summed E-state index contributed by atoms with van der Waals surface area (Å²) in [7, 11) is 0. The summed E-state index contributed by atoms with van der Waals surface area (Å²) in [4.78, 5) is 15.7. The van der Waals surface area contributed by atoms with Gasteiger partial charge in [-0.15, -0.1) is 0 Å². The van der Waals surface area contributed by atoms with Crippen LogP contribution in [0.2, 0.25) is 0 Å². The molecule has 10 heteroatoms. The molecule has 10 nitrogen and oxygen atoms in total. The first kappa shape index (κ1) is 29.8. The van der Waals surface area contributed by atoms with Crippen molar-refractivity contribution in [1.29, 1.82) is 0 Å². The number of carbonyl (C=O) groups is 1. The molecule has 4 aliphatic carbocycles. The molecule has 238 valence electrons. The van der Waals surface area contributed by atoms with Crippen molar-refractivity contribution in [2.75, 3.05) is 13.1 Å². The van der Waals surface area contributed by atoms with E-state index in [1.807, 2.05) is 13.8 Å². The fourth-order valence-corrected chi connectivity index (χ4v) is 11.9. The van der Waals surface area contributed by atoms with Crippen LogP contribution in [-0.2, 0) is 14.3 Å². The molecular formula is C32H51NO9. The first-order valence-corrected chi connectivity index (χ1v) is 16.4. The van der Waals surface area contributed by atoms with Gasteiger partial charge in [0.05, 0.1) is 29.3 Å². The highest BCUT2D eigenvalue weighted by molar-refractivity contribution is 5.72. The molecule has 4 bridgehead atoms. The van der Waals surface area contributed by atoms with E-state index in [0.29, 0.717) is 31.7 Å². The maximum Gasteiger partial charge on any atom is 0.309 e. The van der Waals surface area contributed by atoms with Crippen molar-refractivity contribution in [3.63, 3.8) is 0 Å². The Morgan fingerprint density at radius 3 is 2.50 bits per heavy atom. The van der Waals surface area contributed by atoms with Crippen LogP contribution in [0.1, 0.15) is 79.6 Å². The van der Waals surface area contributed by atoms with E-state index in [9.17, 15) is 35.4 Å². The molecule has 3 saturated heterocycles. The minimum atomic E-state index is -1.87. The number of fused-ring (bicyclic) bond motifs is 5. The van der Waals surface area contributed by atoms with Crippen LogP contribution in [0.25, 0.3) is 0 Å². The van der Waals surface area contributed by atoms with Crippen LogP contribution in [-0.4, -0.2) is 108 Å². The fourth-order valence-electron chi connectivity index (χ4n) is 11.9. The van der Waals surface area contributed by atoms with Crippen LogP contribution >= 0.6 is 0 Å². The van der Waals surface area contributed by atoms with Crippen LogP contribution in [0.5, 0.6) is 0 Å². The minimum absolute atomic E-state index is 0.116. The SMILES string of the molecule is CCC(C)C(=O)O[C@H]1C(O)C2[C@@H](CN3C[C@@H](C)CCC3[C@@]2(C)O)C2C[C@@]34O[C@@]5(O)C(CC(O)C3[C@@]21O)[C@]4(C)CC[C@@H]5O. The number of rotatable bonds is 3. The van der Waals surface area contributed by atoms with Gasteiger partial charge in [0.25, 0.3) is 0 Å². The van der Waals surface area contributed by atoms with E-state index < -0.39 is 88.0 Å². The van der Waals surface area contributed by atoms with Gasteiger partial charge in [-0.05, 0) is 69.6 Å². The predicted octanol–water partition coefficient (Wildman–Crippen LogP) is 0.783. The smallest absolute Gasteiger partial charge is 0.309 e. The van der Waals surface area contributed by atoms with Crippen molar-refractivity contribution in [3.8, 4) is 0 Å². The Morgan fingerprint density at radius 1 is 1.10 bits per heavy atom. The van der Waals surface area contributed by atoms with E-state index in [4.69, 9.17) is 9.47 Å². The first-order valence-electron chi connectivity index (χ1n) is 16.4. The number of hydrogen-bond donors (Lipinski definition) is 6. The lowest BCUT2D eigenvalue weighted by molar-refractivity contribution is -0.299. The number of aliphatic hydroxyl groups is 6. The summed E-state index contributed by atoms with van der Waals surface area (Å²) in [6.07, 6.45) is -1.47. The summed E-state index contributed by atoms with van der Waals surface area (Å²) in [5.74, 6) is -5.58. The zero-order chi connectivity index (χ0) is 30.4. The van der Waals surface area contributed by atoms with Crippen molar-refractivity contribution >= 4 is 5.97 Å². The van der Waals surface area contributed by atoms with Crippen molar-refractivity contribution in [1.82, 2.24) is 4.90 Å². The maximum atomic E-state index is 13.4. The van der Waals surface area contributed by atoms with E-state index in [1.165, 1.54) is 0 Å². The second kappa shape index (κ2) is 9.12. The third-order valence-corrected chi connectivity index (χ3v) is 14.1. The van der Waals surface area contributed by atoms with Gasteiger partial charge in [-0.2, -0.15) is 0 Å². The third-order valence-electron chi connectivity index (χ3n) is 14.1. The molecule has 7 aliphatic rings. The lowest BCUT2D eigenvalue weighted by Gasteiger charge is -2.64. The topological polar surface area (TPSA) is 160 Å². The molecule has 8 unspecified atom stereocenters. The minimum Gasteiger partial charge on any atom is -0.456 e.